The van der Waals surface area contributed by atoms with Crippen molar-refractivity contribution >= 4 is 55.1 Å². The van der Waals surface area contributed by atoms with Crippen LogP contribution in [0.15, 0.2) is 60.9 Å². The van der Waals surface area contributed by atoms with E-state index in [1.54, 1.807) is 48.8 Å². The Bertz CT molecular complexity index is 864. The third-order valence-electron chi connectivity index (χ3n) is 3.36. The van der Waals surface area contributed by atoms with Gasteiger partial charge in [-0.3, -0.25) is 9.97 Å². The molecule has 4 rings (SSSR count). The molecule has 120 valence electrons. The summed E-state index contributed by atoms with van der Waals surface area (Å²) in [5.74, 6) is -0.176. The molecule has 2 aromatic carbocycles. The molecule has 0 aliphatic rings. The summed E-state index contributed by atoms with van der Waals surface area (Å²) in [6.07, 6.45) is 3.17. The van der Waals surface area contributed by atoms with Gasteiger partial charge in [0, 0.05) is 33.2 Å². The summed E-state index contributed by atoms with van der Waals surface area (Å²) in [7, 11) is 0. The van der Waals surface area contributed by atoms with E-state index in [0.717, 1.165) is 0 Å². The minimum atomic E-state index is -0.0880. The molecule has 0 saturated heterocycles. The van der Waals surface area contributed by atoms with Crippen molar-refractivity contribution in [3.05, 3.63) is 71.0 Å². The van der Waals surface area contributed by atoms with E-state index in [9.17, 15) is 10.2 Å². The summed E-state index contributed by atoms with van der Waals surface area (Å²) >= 11 is 11.7. The van der Waals surface area contributed by atoms with Gasteiger partial charge in [-0.25, -0.2) is 0 Å². The first-order valence-corrected chi connectivity index (χ1v) is 7.74. The summed E-state index contributed by atoms with van der Waals surface area (Å²) in [5, 5.41) is 25.0. The quantitative estimate of drug-likeness (QED) is 0.446. The number of benzene rings is 2. The van der Waals surface area contributed by atoms with Gasteiger partial charge in [-0.2, -0.15) is 0 Å². The van der Waals surface area contributed by atoms with Crippen LogP contribution < -0.4 is 10.2 Å². The number of nitrogens with zero attached hydrogens (tertiary/aromatic N) is 2. The van der Waals surface area contributed by atoms with E-state index in [1.165, 1.54) is 12.1 Å². The zero-order valence-electron chi connectivity index (χ0n) is 12.9. The first kappa shape index (κ1) is 18.9. The van der Waals surface area contributed by atoms with Gasteiger partial charge in [0.1, 0.15) is 0 Å². The molecule has 2 aromatic heterocycles. The molecule has 0 unspecified atom stereocenters. The van der Waals surface area contributed by atoms with Crippen molar-refractivity contribution in [2.75, 3.05) is 0 Å². The van der Waals surface area contributed by atoms with Crippen molar-refractivity contribution in [3.8, 4) is 11.5 Å². The Hall–Kier alpha value is -2.39. The van der Waals surface area contributed by atoms with Crippen LogP contribution >= 0.6 is 23.2 Å². The van der Waals surface area contributed by atoms with Gasteiger partial charge < -0.3 is 10.2 Å². The molecule has 0 spiro atoms. The van der Waals surface area contributed by atoms with Crippen LogP contribution in [-0.2, 0) is 0 Å². The fourth-order valence-electron chi connectivity index (χ4n) is 2.22. The minimum Gasteiger partial charge on any atom is -0.871 e. The molecule has 25 heavy (non-hydrogen) atoms. The van der Waals surface area contributed by atoms with Crippen molar-refractivity contribution in [2.24, 2.45) is 0 Å². The maximum absolute atomic E-state index is 11.2. The molecule has 0 aliphatic carbocycles. The average Bonchev–Trinajstić information content (AvgIpc) is 2.63. The molecule has 4 nitrogen and oxygen atoms in total. The van der Waals surface area contributed by atoms with Gasteiger partial charge in [-0.1, -0.05) is 46.8 Å². The summed E-state index contributed by atoms with van der Waals surface area (Å²) in [6, 6.07) is 13.1. The summed E-state index contributed by atoms with van der Waals surface area (Å²) in [6.45, 7) is 0. The van der Waals surface area contributed by atoms with Gasteiger partial charge in [0.05, 0.1) is 11.0 Å². The first-order valence-electron chi connectivity index (χ1n) is 6.98. The zero-order valence-corrected chi connectivity index (χ0v) is 14.5. The van der Waals surface area contributed by atoms with Crippen LogP contribution in [0.5, 0.6) is 11.5 Å². The number of hydrogen-bond donors (Lipinski definition) is 0. The van der Waals surface area contributed by atoms with Crippen LogP contribution in [0.4, 0.5) is 0 Å². The van der Waals surface area contributed by atoms with Crippen molar-refractivity contribution in [1.82, 2.24) is 9.97 Å². The maximum atomic E-state index is 11.2. The van der Waals surface area contributed by atoms with Gasteiger partial charge in [0.2, 0.25) is 0 Å². The number of rotatable bonds is 0. The van der Waals surface area contributed by atoms with Gasteiger partial charge in [-0.05, 0) is 36.4 Å². The van der Waals surface area contributed by atoms with E-state index in [1.807, 2.05) is 0 Å². The Balaban J connectivity index is 0.000000173. The molecule has 0 amide bonds. The third-order valence-corrected chi connectivity index (χ3v) is 4.02. The van der Waals surface area contributed by atoms with E-state index in [4.69, 9.17) is 23.2 Å². The summed E-state index contributed by atoms with van der Waals surface area (Å²) in [4.78, 5) is 7.89. The molecule has 0 radical (unpaired) electrons. The molecular formula is C18H10BeCl2N2O2. The van der Waals surface area contributed by atoms with Crippen molar-refractivity contribution < 1.29 is 10.2 Å². The average molecular weight is 366 g/mol. The summed E-state index contributed by atoms with van der Waals surface area (Å²) < 4.78 is 0. The van der Waals surface area contributed by atoms with Gasteiger partial charge in [-0.15, -0.1) is 0 Å². The topological polar surface area (TPSA) is 71.9 Å². The molecule has 0 N–H and O–H groups in total. The second-order valence-electron chi connectivity index (χ2n) is 4.89. The normalized spacial score (nSPS) is 10.0. The number of fused-ring (bicyclic) bond motifs is 2. The molecule has 7 heteroatoms. The van der Waals surface area contributed by atoms with Crippen molar-refractivity contribution in [2.45, 2.75) is 0 Å². The molecule has 0 fully saturated rings. The molecular weight excluding hydrogens is 356 g/mol. The van der Waals surface area contributed by atoms with Crippen molar-refractivity contribution in [1.29, 1.82) is 0 Å². The SMILES string of the molecule is [Be+2].[O-]c1ccc(Cl)c2cccnc12.[O-]c1ccc(Cl)c2cccnc12. The Morgan fingerprint density at radius 2 is 1.04 bits per heavy atom. The third kappa shape index (κ3) is 3.99. The van der Waals surface area contributed by atoms with E-state index >= 15 is 0 Å². The predicted molar refractivity (Wildman–Crippen MR) is 98.2 cm³/mol. The van der Waals surface area contributed by atoms with Gasteiger partial charge in [0.15, 0.2) is 0 Å². The minimum absolute atomic E-state index is 0. The zero-order chi connectivity index (χ0) is 17.1. The standard InChI is InChI=1S/2C9H6ClNO.Be/c2*10-7-3-4-8(12)9-6(7)2-1-5-11-9;/h2*1-5,12H;/q;;+2/p-2. The number of hydrogen-bond acceptors (Lipinski definition) is 4. The Morgan fingerprint density at radius 3 is 1.40 bits per heavy atom. The van der Waals surface area contributed by atoms with Gasteiger partial charge in [0.25, 0.3) is 0 Å². The summed E-state index contributed by atoms with van der Waals surface area (Å²) in [5.41, 5.74) is 0.870. The number of halogens is 2. The Kier molecular flexibility index (Phi) is 6.16. The second kappa shape index (κ2) is 8.13. The molecule has 0 bridgehead atoms. The predicted octanol–water partition coefficient (Wildman–Crippen LogP) is 3.54. The largest absolute Gasteiger partial charge is 2.00 e. The van der Waals surface area contributed by atoms with E-state index in [2.05, 4.69) is 9.97 Å². The fourth-order valence-corrected chi connectivity index (χ4v) is 2.65. The van der Waals surface area contributed by atoms with Crippen molar-refractivity contribution in [3.63, 3.8) is 0 Å². The number of pyridine rings is 2. The van der Waals surface area contributed by atoms with E-state index < -0.39 is 0 Å². The van der Waals surface area contributed by atoms with Gasteiger partial charge >= 0.3 is 10.1 Å². The Morgan fingerprint density at radius 1 is 0.640 bits per heavy atom. The smallest absolute Gasteiger partial charge is 0.871 e. The molecule has 4 aromatic rings. The maximum Gasteiger partial charge on any atom is 2.00 e. The van der Waals surface area contributed by atoms with Crippen LogP contribution in [0.2, 0.25) is 10.0 Å². The fraction of sp³-hybridized carbons (Fsp3) is 0. The molecule has 2 heterocycles. The second-order valence-corrected chi connectivity index (χ2v) is 5.70. The first-order chi connectivity index (χ1) is 11.6. The van der Waals surface area contributed by atoms with Crippen LogP contribution in [0.3, 0.4) is 0 Å². The van der Waals surface area contributed by atoms with E-state index in [-0.39, 0.29) is 21.6 Å². The monoisotopic (exact) mass is 365 g/mol. The van der Waals surface area contributed by atoms with E-state index in [0.29, 0.717) is 31.9 Å². The van der Waals surface area contributed by atoms with Crippen LogP contribution in [0, 0.1) is 0 Å². The molecule has 0 aliphatic heterocycles. The Labute approximate surface area is 157 Å². The molecule has 0 atom stereocenters. The van der Waals surface area contributed by atoms with Crippen LogP contribution in [-0.4, -0.2) is 20.1 Å². The molecule has 0 saturated carbocycles. The van der Waals surface area contributed by atoms with Crippen LogP contribution in [0.25, 0.3) is 21.8 Å². The van der Waals surface area contributed by atoms with Crippen LogP contribution in [0.1, 0.15) is 0 Å². The number of aromatic nitrogens is 2.